The lowest BCUT2D eigenvalue weighted by Gasteiger charge is -2.32. The molecule has 0 aliphatic rings. The van der Waals surface area contributed by atoms with Crippen molar-refractivity contribution in [2.75, 3.05) is 12.3 Å². The quantitative estimate of drug-likeness (QED) is 0.242. The minimum Gasteiger partial charge on any atom is -0.354 e. The first-order valence-electron chi connectivity index (χ1n) is 12.1. The first-order valence-corrected chi connectivity index (χ1v) is 14.1. The van der Waals surface area contributed by atoms with Crippen LogP contribution in [0.25, 0.3) is 0 Å². The van der Waals surface area contributed by atoms with Gasteiger partial charge in [0.15, 0.2) is 0 Å². The fourth-order valence-electron chi connectivity index (χ4n) is 3.82. The largest absolute Gasteiger partial charge is 0.354 e. The highest BCUT2D eigenvalue weighted by Crippen LogP contribution is 2.24. The lowest BCUT2D eigenvalue weighted by molar-refractivity contribution is -0.139. The van der Waals surface area contributed by atoms with Crippen LogP contribution < -0.4 is 5.32 Å². The maximum absolute atomic E-state index is 13.6. The smallest absolute Gasteiger partial charge is 0.243 e. The van der Waals surface area contributed by atoms with Crippen LogP contribution in [0.2, 0.25) is 10.0 Å². The fraction of sp³-hybridized carbons (Fsp3) is 0.310. The van der Waals surface area contributed by atoms with Gasteiger partial charge >= 0.3 is 0 Å². The van der Waals surface area contributed by atoms with Crippen molar-refractivity contribution in [1.29, 1.82) is 0 Å². The van der Waals surface area contributed by atoms with Crippen molar-refractivity contribution in [2.24, 2.45) is 0 Å². The normalized spacial score (nSPS) is 11.6. The molecule has 0 aliphatic heterocycles. The van der Waals surface area contributed by atoms with Crippen LogP contribution in [0.5, 0.6) is 0 Å². The van der Waals surface area contributed by atoms with E-state index in [0.29, 0.717) is 28.8 Å². The lowest BCUT2D eigenvalue weighted by Crippen LogP contribution is -2.51. The topological polar surface area (TPSA) is 49.4 Å². The maximum atomic E-state index is 13.6. The molecule has 2 amide bonds. The lowest BCUT2D eigenvalue weighted by atomic mass is 10.0. The summed E-state index contributed by atoms with van der Waals surface area (Å²) in [5, 5.41) is 4.30. The van der Waals surface area contributed by atoms with Crippen molar-refractivity contribution in [3.8, 4) is 0 Å². The van der Waals surface area contributed by atoms with Crippen LogP contribution in [0, 0.1) is 0 Å². The average molecular weight is 544 g/mol. The van der Waals surface area contributed by atoms with Gasteiger partial charge in [-0.25, -0.2) is 0 Å². The zero-order chi connectivity index (χ0) is 25.8. The van der Waals surface area contributed by atoms with Crippen molar-refractivity contribution in [1.82, 2.24) is 10.2 Å². The van der Waals surface area contributed by atoms with Gasteiger partial charge in [0, 0.05) is 35.3 Å². The SMILES string of the molecule is CCCCNC(=O)[C@@H](Cc1ccccc1)N(Cc1ccccc1Cl)C(=O)CSCc1ccccc1Cl. The molecule has 0 saturated heterocycles. The summed E-state index contributed by atoms with van der Waals surface area (Å²) >= 11 is 14.2. The van der Waals surface area contributed by atoms with E-state index in [1.807, 2.05) is 72.8 Å². The number of hydrogen-bond acceptors (Lipinski definition) is 3. The minimum atomic E-state index is -0.658. The molecule has 0 bridgehead atoms. The third-order valence-electron chi connectivity index (χ3n) is 5.84. The average Bonchev–Trinajstić information content (AvgIpc) is 2.89. The number of carbonyl (C=O) groups is 2. The molecule has 1 N–H and O–H groups in total. The van der Waals surface area contributed by atoms with Crippen molar-refractivity contribution in [3.05, 3.63) is 106 Å². The molecule has 0 aliphatic carbocycles. The molecule has 0 aromatic heterocycles. The van der Waals surface area contributed by atoms with Gasteiger partial charge < -0.3 is 10.2 Å². The number of carbonyl (C=O) groups excluding carboxylic acids is 2. The number of hydrogen-bond donors (Lipinski definition) is 1. The van der Waals surface area contributed by atoms with Gasteiger partial charge in [0.05, 0.1) is 5.75 Å². The van der Waals surface area contributed by atoms with Crippen LogP contribution in [-0.2, 0) is 28.3 Å². The van der Waals surface area contributed by atoms with Crippen LogP contribution in [-0.4, -0.2) is 35.1 Å². The molecule has 0 radical (unpaired) electrons. The molecule has 7 heteroatoms. The second kappa shape index (κ2) is 14.9. The first-order chi connectivity index (χ1) is 17.5. The second-order valence-electron chi connectivity index (χ2n) is 8.55. The number of halogens is 2. The predicted octanol–water partition coefficient (Wildman–Crippen LogP) is 6.78. The van der Waals surface area contributed by atoms with Crippen molar-refractivity contribution >= 4 is 46.8 Å². The molecule has 3 aromatic rings. The standard InChI is InChI=1S/C29H32Cl2N2O2S/c1-2-3-17-32-29(35)27(18-22-11-5-4-6-12-22)33(19-23-13-7-9-15-25(23)30)28(34)21-36-20-24-14-8-10-16-26(24)31/h4-16,27H,2-3,17-21H2,1H3,(H,32,35)/t27-/m1/s1. The molecule has 0 spiro atoms. The zero-order valence-electron chi connectivity index (χ0n) is 20.5. The predicted molar refractivity (Wildman–Crippen MR) is 151 cm³/mol. The minimum absolute atomic E-state index is 0.112. The Morgan fingerprint density at radius 1 is 0.889 bits per heavy atom. The Hall–Kier alpha value is -2.47. The number of nitrogens with one attached hydrogen (secondary N) is 1. The summed E-state index contributed by atoms with van der Waals surface area (Å²) in [7, 11) is 0. The van der Waals surface area contributed by atoms with Gasteiger partial charge in [-0.1, -0.05) is 103 Å². The fourth-order valence-corrected chi connectivity index (χ4v) is 5.21. The van der Waals surface area contributed by atoms with Crippen LogP contribution in [0.1, 0.15) is 36.5 Å². The van der Waals surface area contributed by atoms with Gasteiger partial charge in [0.2, 0.25) is 11.8 Å². The number of unbranched alkanes of at least 4 members (excludes halogenated alkanes) is 1. The monoisotopic (exact) mass is 542 g/mol. The number of thioether (sulfide) groups is 1. The highest BCUT2D eigenvalue weighted by atomic mass is 35.5. The summed E-state index contributed by atoms with van der Waals surface area (Å²) in [6.45, 7) is 2.91. The Morgan fingerprint density at radius 3 is 2.14 bits per heavy atom. The van der Waals surface area contributed by atoms with E-state index in [0.717, 1.165) is 29.5 Å². The molecule has 0 fully saturated rings. The van der Waals surface area contributed by atoms with Crippen LogP contribution in [0.15, 0.2) is 78.9 Å². The van der Waals surface area contributed by atoms with Gasteiger partial charge in [0.25, 0.3) is 0 Å². The Balaban J connectivity index is 1.85. The number of rotatable bonds is 13. The third kappa shape index (κ3) is 8.58. The second-order valence-corrected chi connectivity index (χ2v) is 10.3. The molecule has 36 heavy (non-hydrogen) atoms. The molecule has 190 valence electrons. The van der Waals surface area contributed by atoms with Crippen LogP contribution >= 0.6 is 35.0 Å². The number of nitrogens with zero attached hydrogens (tertiary/aromatic N) is 1. The first kappa shape index (κ1) is 28.1. The molecular weight excluding hydrogens is 511 g/mol. The van der Waals surface area contributed by atoms with E-state index in [-0.39, 0.29) is 24.1 Å². The van der Waals surface area contributed by atoms with Gasteiger partial charge in [-0.3, -0.25) is 9.59 Å². The Labute approximate surface area is 228 Å². The van der Waals surface area contributed by atoms with Gasteiger partial charge in [-0.05, 0) is 35.2 Å². The van der Waals surface area contributed by atoms with E-state index in [9.17, 15) is 9.59 Å². The van der Waals surface area contributed by atoms with E-state index < -0.39 is 6.04 Å². The van der Waals surface area contributed by atoms with E-state index in [1.54, 1.807) is 11.0 Å². The molecule has 1 atom stereocenters. The summed E-state index contributed by atoms with van der Waals surface area (Å²) in [5.41, 5.74) is 2.78. The summed E-state index contributed by atoms with van der Waals surface area (Å²) in [6.07, 6.45) is 2.28. The van der Waals surface area contributed by atoms with Crippen molar-refractivity contribution in [2.45, 2.75) is 44.5 Å². The summed E-state index contributed by atoms with van der Waals surface area (Å²) in [5.74, 6) is 0.572. The Morgan fingerprint density at radius 2 is 1.50 bits per heavy atom. The maximum Gasteiger partial charge on any atom is 0.243 e. The molecular formula is C29H32Cl2N2O2S. The zero-order valence-corrected chi connectivity index (χ0v) is 22.8. The van der Waals surface area contributed by atoms with Gasteiger partial charge in [0.1, 0.15) is 6.04 Å². The number of amides is 2. The molecule has 0 heterocycles. The van der Waals surface area contributed by atoms with Crippen molar-refractivity contribution in [3.63, 3.8) is 0 Å². The van der Waals surface area contributed by atoms with Crippen molar-refractivity contribution < 1.29 is 9.59 Å². The van der Waals surface area contributed by atoms with E-state index in [4.69, 9.17) is 23.2 Å². The molecule has 3 aromatic carbocycles. The van der Waals surface area contributed by atoms with E-state index in [1.165, 1.54) is 11.8 Å². The highest BCUT2D eigenvalue weighted by Gasteiger charge is 2.30. The third-order valence-corrected chi connectivity index (χ3v) is 7.54. The molecule has 0 saturated carbocycles. The van der Waals surface area contributed by atoms with Gasteiger partial charge in [-0.2, -0.15) is 0 Å². The van der Waals surface area contributed by atoms with E-state index >= 15 is 0 Å². The molecule has 4 nitrogen and oxygen atoms in total. The molecule has 0 unspecified atom stereocenters. The Bertz CT molecular complexity index is 1130. The number of benzene rings is 3. The van der Waals surface area contributed by atoms with Crippen LogP contribution in [0.3, 0.4) is 0 Å². The summed E-state index contributed by atoms with van der Waals surface area (Å²) < 4.78 is 0. The highest BCUT2D eigenvalue weighted by molar-refractivity contribution is 7.99. The van der Waals surface area contributed by atoms with Gasteiger partial charge in [-0.15, -0.1) is 11.8 Å². The summed E-state index contributed by atoms with van der Waals surface area (Å²) in [4.78, 5) is 28.7. The Kier molecular flexibility index (Phi) is 11.7. The van der Waals surface area contributed by atoms with Crippen LogP contribution in [0.4, 0.5) is 0 Å². The molecule has 3 rings (SSSR count). The summed E-state index contributed by atoms with van der Waals surface area (Å²) in [6, 6.07) is 24.2. The van der Waals surface area contributed by atoms with E-state index in [2.05, 4.69) is 12.2 Å².